The Balaban J connectivity index is 3.17. The van der Waals surface area contributed by atoms with Gasteiger partial charge in [-0.25, -0.2) is 0 Å². The van der Waals surface area contributed by atoms with Crippen molar-refractivity contribution in [3.63, 3.8) is 0 Å². The number of rotatable bonds is 19. The number of hydrogen-bond acceptors (Lipinski definition) is 3. The minimum absolute atomic E-state index is 0.0428. The van der Waals surface area contributed by atoms with Crippen molar-refractivity contribution in [1.82, 2.24) is 0 Å². The Kier molecular flexibility index (Phi) is 21.2. The molecule has 0 fully saturated rings. The van der Waals surface area contributed by atoms with Crippen molar-refractivity contribution >= 4 is 18.0 Å². The maximum atomic E-state index is 11.5. The summed E-state index contributed by atoms with van der Waals surface area (Å²) in [4.78, 5) is 11.5. The maximum Gasteiger partial charge on any atom is 0.317 e. The van der Waals surface area contributed by atoms with Crippen LogP contribution in [-0.4, -0.2) is 11.7 Å². The third kappa shape index (κ3) is 21.5. The van der Waals surface area contributed by atoms with Crippen molar-refractivity contribution in [2.24, 2.45) is 0 Å². The number of carbonyl (C=O) groups is 1. The van der Waals surface area contributed by atoms with Crippen LogP contribution < -0.4 is 0 Å². The van der Waals surface area contributed by atoms with Crippen LogP contribution in [0.1, 0.15) is 117 Å². The predicted octanol–water partition coefficient (Wildman–Crippen LogP) is 8.02. The van der Waals surface area contributed by atoms with Crippen LogP contribution in [0, 0.1) is 0 Å². The molecule has 0 heterocycles. The number of carbonyl (C=O) groups excluding carboxylic acids is 1. The van der Waals surface area contributed by atoms with Gasteiger partial charge in [-0.15, -0.1) is 0 Å². The standard InChI is InChI=1S/C22H42O2S/c1-3-5-7-8-9-10-11-12-13-14-15-16-17-18-19-20-22(23)24-25-21-6-4-2/h12-13H,3-11,14-21H2,1-2H3/b13-12-. The summed E-state index contributed by atoms with van der Waals surface area (Å²) in [6.45, 7) is 4.42. The fourth-order valence-corrected chi connectivity index (χ4v) is 3.40. The van der Waals surface area contributed by atoms with Crippen molar-refractivity contribution in [2.75, 3.05) is 5.75 Å². The third-order valence-corrected chi connectivity index (χ3v) is 5.13. The van der Waals surface area contributed by atoms with E-state index in [1.54, 1.807) is 0 Å². The van der Waals surface area contributed by atoms with Gasteiger partial charge in [0.1, 0.15) is 0 Å². The lowest BCUT2D eigenvalue weighted by molar-refractivity contribution is -0.133. The largest absolute Gasteiger partial charge is 0.391 e. The molecule has 0 aromatic rings. The quantitative estimate of drug-likeness (QED) is 0.131. The predicted molar refractivity (Wildman–Crippen MR) is 113 cm³/mol. The van der Waals surface area contributed by atoms with E-state index in [2.05, 4.69) is 26.0 Å². The van der Waals surface area contributed by atoms with Crippen molar-refractivity contribution in [3.8, 4) is 0 Å². The lowest BCUT2D eigenvalue weighted by Gasteiger charge is -2.02. The van der Waals surface area contributed by atoms with E-state index in [0.29, 0.717) is 6.42 Å². The van der Waals surface area contributed by atoms with Crippen LogP contribution in [0.2, 0.25) is 0 Å². The third-order valence-electron chi connectivity index (χ3n) is 4.38. The second-order valence-electron chi connectivity index (χ2n) is 6.97. The SMILES string of the molecule is CCCCCCCC/C=C\CCCCCCCC(=O)OSCCCC. The highest BCUT2D eigenvalue weighted by molar-refractivity contribution is 7.95. The summed E-state index contributed by atoms with van der Waals surface area (Å²) in [6.07, 6.45) is 24.3. The van der Waals surface area contributed by atoms with Crippen molar-refractivity contribution in [1.29, 1.82) is 0 Å². The first-order valence-electron chi connectivity index (χ1n) is 10.8. The molecule has 0 saturated carbocycles. The van der Waals surface area contributed by atoms with E-state index >= 15 is 0 Å². The molecule has 0 aliphatic carbocycles. The lowest BCUT2D eigenvalue weighted by Crippen LogP contribution is -1.99. The van der Waals surface area contributed by atoms with E-state index in [-0.39, 0.29) is 5.97 Å². The van der Waals surface area contributed by atoms with Gasteiger partial charge in [-0.1, -0.05) is 83.8 Å². The van der Waals surface area contributed by atoms with E-state index in [1.807, 2.05) is 0 Å². The minimum atomic E-state index is -0.0428. The Morgan fingerprint density at radius 2 is 1.24 bits per heavy atom. The Labute approximate surface area is 161 Å². The van der Waals surface area contributed by atoms with Crippen molar-refractivity contribution in [3.05, 3.63) is 12.2 Å². The molecule has 25 heavy (non-hydrogen) atoms. The fraction of sp³-hybridized carbons (Fsp3) is 0.864. The molecule has 0 amide bonds. The molecule has 0 spiro atoms. The van der Waals surface area contributed by atoms with Gasteiger partial charge < -0.3 is 4.18 Å². The number of allylic oxidation sites excluding steroid dienone is 2. The van der Waals surface area contributed by atoms with E-state index < -0.39 is 0 Å². The molecule has 0 unspecified atom stereocenters. The average molecular weight is 371 g/mol. The number of unbranched alkanes of at least 4 members (excludes halogenated alkanes) is 12. The molecule has 0 radical (unpaired) electrons. The summed E-state index contributed by atoms with van der Waals surface area (Å²) in [5, 5.41) is 0. The van der Waals surface area contributed by atoms with Gasteiger partial charge in [-0.2, -0.15) is 0 Å². The van der Waals surface area contributed by atoms with Gasteiger partial charge in [0.2, 0.25) is 0 Å². The first-order valence-corrected chi connectivity index (χ1v) is 11.7. The van der Waals surface area contributed by atoms with Crippen molar-refractivity contribution in [2.45, 2.75) is 117 Å². The van der Waals surface area contributed by atoms with Crippen LogP contribution in [0.4, 0.5) is 0 Å². The zero-order valence-electron chi connectivity index (χ0n) is 16.9. The molecule has 3 heteroatoms. The van der Waals surface area contributed by atoms with E-state index in [0.717, 1.165) is 31.4 Å². The summed E-state index contributed by atoms with van der Waals surface area (Å²) >= 11 is 1.32. The average Bonchev–Trinajstić information content (AvgIpc) is 2.62. The van der Waals surface area contributed by atoms with Crippen LogP contribution in [0.5, 0.6) is 0 Å². The highest BCUT2D eigenvalue weighted by atomic mass is 32.2. The number of hydrogen-bond donors (Lipinski definition) is 0. The van der Waals surface area contributed by atoms with Gasteiger partial charge in [-0.05, 0) is 38.5 Å². The van der Waals surface area contributed by atoms with Crippen molar-refractivity contribution < 1.29 is 8.98 Å². The zero-order valence-corrected chi connectivity index (χ0v) is 17.7. The van der Waals surface area contributed by atoms with Gasteiger partial charge in [-0.3, -0.25) is 4.79 Å². The summed E-state index contributed by atoms with van der Waals surface area (Å²) in [5.74, 6) is 0.882. The molecule has 148 valence electrons. The van der Waals surface area contributed by atoms with Crippen LogP contribution in [0.3, 0.4) is 0 Å². The van der Waals surface area contributed by atoms with E-state index in [1.165, 1.54) is 82.7 Å². The normalized spacial score (nSPS) is 11.3. The smallest absolute Gasteiger partial charge is 0.317 e. The highest BCUT2D eigenvalue weighted by Crippen LogP contribution is 2.12. The monoisotopic (exact) mass is 370 g/mol. The Hall–Kier alpha value is -0.440. The first-order chi connectivity index (χ1) is 12.3. The molecule has 0 rings (SSSR count). The second-order valence-corrected chi connectivity index (χ2v) is 7.78. The molecular weight excluding hydrogens is 328 g/mol. The molecule has 0 aromatic heterocycles. The van der Waals surface area contributed by atoms with Crippen LogP contribution in [0.15, 0.2) is 12.2 Å². The van der Waals surface area contributed by atoms with Gasteiger partial charge >= 0.3 is 5.97 Å². The summed E-state index contributed by atoms with van der Waals surface area (Å²) in [7, 11) is 0. The van der Waals surface area contributed by atoms with Gasteiger partial charge in [0.05, 0.1) is 12.0 Å². The molecule has 0 atom stereocenters. The van der Waals surface area contributed by atoms with E-state index in [9.17, 15) is 4.79 Å². The molecule has 2 nitrogen and oxygen atoms in total. The molecule has 0 aromatic carbocycles. The summed E-state index contributed by atoms with van der Waals surface area (Å²) in [5.41, 5.74) is 0. The van der Waals surface area contributed by atoms with E-state index in [4.69, 9.17) is 4.18 Å². The lowest BCUT2D eigenvalue weighted by atomic mass is 10.1. The molecule has 0 aliphatic rings. The molecule has 0 N–H and O–H groups in total. The molecule has 0 aliphatic heterocycles. The van der Waals surface area contributed by atoms with Crippen LogP contribution >= 0.6 is 12.0 Å². The zero-order chi connectivity index (χ0) is 18.4. The highest BCUT2D eigenvalue weighted by Gasteiger charge is 2.02. The summed E-state index contributed by atoms with van der Waals surface area (Å²) < 4.78 is 5.13. The maximum absolute atomic E-state index is 11.5. The fourth-order valence-electron chi connectivity index (χ4n) is 2.69. The Bertz CT molecular complexity index is 302. The van der Waals surface area contributed by atoms with Gasteiger partial charge in [0.25, 0.3) is 0 Å². The first kappa shape index (κ1) is 24.6. The Morgan fingerprint density at radius 3 is 1.84 bits per heavy atom. The van der Waals surface area contributed by atoms with Crippen LogP contribution in [0.25, 0.3) is 0 Å². The summed E-state index contributed by atoms with van der Waals surface area (Å²) in [6, 6.07) is 0. The second kappa shape index (κ2) is 21.6. The minimum Gasteiger partial charge on any atom is -0.391 e. The van der Waals surface area contributed by atoms with Gasteiger partial charge in [0, 0.05) is 12.2 Å². The molecular formula is C22H42O2S. The van der Waals surface area contributed by atoms with Gasteiger partial charge in [0.15, 0.2) is 0 Å². The van der Waals surface area contributed by atoms with Crippen LogP contribution in [-0.2, 0) is 8.98 Å². The molecule has 0 saturated heterocycles. The molecule has 0 bridgehead atoms. The topological polar surface area (TPSA) is 26.3 Å². The Morgan fingerprint density at radius 1 is 0.720 bits per heavy atom.